The number of fused-ring (bicyclic) bond motifs is 1. The minimum absolute atomic E-state index is 0. The molecule has 0 aliphatic carbocycles. The van der Waals surface area contributed by atoms with E-state index >= 15 is 0 Å². The number of hydrogen-bond acceptors (Lipinski definition) is 5. The summed E-state index contributed by atoms with van der Waals surface area (Å²) in [4.78, 5) is 14.6. The van der Waals surface area contributed by atoms with Crippen LogP contribution in [0.25, 0.3) is 0 Å². The molecule has 0 bridgehead atoms. The molecular formula is C18H21IN4O4. The summed E-state index contributed by atoms with van der Waals surface area (Å²) in [6.07, 6.45) is 1.41. The molecule has 1 aliphatic rings. The van der Waals surface area contributed by atoms with Crippen molar-refractivity contribution in [3.8, 4) is 11.5 Å². The second-order valence-electron chi connectivity index (χ2n) is 5.78. The lowest BCUT2D eigenvalue weighted by molar-refractivity contribution is -0.384. The molecule has 8 nitrogen and oxygen atoms in total. The molecule has 1 heterocycles. The first-order valence-electron chi connectivity index (χ1n) is 8.32. The number of nitrogens with two attached hydrogens (primary N) is 1. The Bertz CT molecular complexity index is 829. The van der Waals surface area contributed by atoms with Gasteiger partial charge in [-0.25, -0.2) is 0 Å². The van der Waals surface area contributed by atoms with E-state index in [1.807, 2.05) is 24.3 Å². The third-order valence-electron chi connectivity index (χ3n) is 3.82. The van der Waals surface area contributed by atoms with E-state index in [2.05, 4.69) is 10.3 Å². The van der Waals surface area contributed by atoms with Gasteiger partial charge in [0.2, 0.25) is 0 Å². The fraction of sp³-hybridized carbons (Fsp3) is 0.278. The fourth-order valence-electron chi connectivity index (χ4n) is 2.56. The van der Waals surface area contributed by atoms with Gasteiger partial charge in [0.25, 0.3) is 5.69 Å². The van der Waals surface area contributed by atoms with Gasteiger partial charge in [-0.05, 0) is 24.1 Å². The first-order chi connectivity index (χ1) is 12.6. The Balaban J connectivity index is 0.00000261. The maximum Gasteiger partial charge on any atom is 0.269 e. The zero-order valence-electron chi connectivity index (χ0n) is 14.6. The number of nitro benzene ring substituents is 1. The van der Waals surface area contributed by atoms with E-state index in [0.29, 0.717) is 37.7 Å². The topological polar surface area (TPSA) is 112 Å². The third-order valence-corrected chi connectivity index (χ3v) is 3.82. The molecule has 0 aromatic heterocycles. The summed E-state index contributed by atoms with van der Waals surface area (Å²) in [5, 5.41) is 13.8. The van der Waals surface area contributed by atoms with Crippen LogP contribution >= 0.6 is 24.0 Å². The van der Waals surface area contributed by atoms with Crippen LogP contribution < -0.4 is 20.5 Å². The molecule has 0 saturated heterocycles. The summed E-state index contributed by atoms with van der Waals surface area (Å²) in [6.45, 7) is 1.68. The third kappa shape index (κ3) is 5.98. The normalized spacial score (nSPS) is 13.3. The molecule has 0 radical (unpaired) electrons. The highest BCUT2D eigenvalue weighted by atomic mass is 127. The zero-order valence-corrected chi connectivity index (χ0v) is 16.9. The van der Waals surface area contributed by atoms with E-state index in [4.69, 9.17) is 15.2 Å². The lowest BCUT2D eigenvalue weighted by atomic mass is 10.1. The molecule has 0 atom stereocenters. The predicted molar refractivity (Wildman–Crippen MR) is 114 cm³/mol. The molecule has 0 amide bonds. The second-order valence-corrected chi connectivity index (χ2v) is 5.78. The molecule has 1 aliphatic heterocycles. The Hall–Kier alpha value is -2.56. The van der Waals surface area contributed by atoms with Crippen molar-refractivity contribution in [1.82, 2.24) is 0 Å². The van der Waals surface area contributed by atoms with E-state index in [1.54, 1.807) is 12.1 Å². The van der Waals surface area contributed by atoms with Crippen molar-refractivity contribution < 1.29 is 14.4 Å². The van der Waals surface area contributed by atoms with E-state index in [-0.39, 0.29) is 35.6 Å². The monoisotopic (exact) mass is 484 g/mol. The SMILES string of the molecule is I.NC(=NCCc1cccc([N+](=O)[O-])c1)Nc1ccc2c(c1)OCCCO2. The zero-order chi connectivity index (χ0) is 18.4. The van der Waals surface area contributed by atoms with Gasteiger partial charge >= 0.3 is 0 Å². The van der Waals surface area contributed by atoms with Crippen molar-refractivity contribution in [3.63, 3.8) is 0 Å². The van der Waals surface area contributed by atoms with Crippen LogP contribution in [0.3, 0.4) is 0 Å². The Morgan fingerprint density at radius 1 is 1.19 bits per heavy atom. The minimum atomic E-state index is -0.410. The van der Waals surface area contributed by atoms with Gasteiger partial charge in [0.1, 0.15) is 0 Å². The highest BCUT2D eigenvalue weighted by molar-refractivity contribution is 14.0. The highest BCUT2D eigenvalue weighted by Crippen LogP contribution is 2.32. The molecule has 3 N–H and O–H groups in total. The van der Waals surface area contributed by atoms with Crippen molar-refractivity contribution >= 4 is 41.3 Å². The summed E-state index contributed by atoms with van der Waals surface area (Å²) in [6, 6.07) is 12.0. The number of anilines is 1. The van der Waals surface area contributed by atoms with Crippen LogP contribution in [0.15, 0.2) is 47.5 Å². The van der Waals surface area contributed by atoms with Gasteiger partial charge in [-0.1, -0.05) is 12.1 Å². The number of non-ortho nitro benzene ring substituents is 1. The van der Waals surface area contributed by atoms with E-state index in [9.17, 15) is 10.1 Å². The van der Waals surface area contributed by atoms with Crippen LogP contribution in [-0.2, 0) is 6.42 Å². The largest absolute Gasteiger partial charge is 0.490 e. The molecule has 3 rings (SSSR count). The van der Waals surface area contributed by atoms with Crippen LogP contribution in [0.1, 0.15) is 12.0 Å². The van der Waals surface area contributed by atoms with Crippen LogP contribution in [0.2, 0.25) is 0 Å². The lowest BCUT2D eigenvalue weighted by Crippen LogP contribution is -2.23. The van der Waals surface area contributed by atoms with Gasteiger partial charge in [-0.15, -0.1) is 24.0 Å². The summed E-state index contributed by atoms with van der Waals surface area (Å²) in [5.41, 5.74) is 7.58. The number of nitrogens with zero attached hydrogens (tertiary/aromatic N) is 2. The summed E-state index contributed by atoms with van der Waals surface area (Å²) in [7, 11) is 0. The van der Waals surface area contributed by atoms with Crippen LogP contribution in [-0.4, -0.2) is 30.6 Å². The Morgan fingerprint density at radius 3 is 2.74 bits per heavy atom. The average molecular weight is 484 g/mol. The maximum absolute atomic E-state index is 10.8. The van der Waals surface area contributed by atoms with Gasteiger partial charge in [0.15, 0.2) is 17.5 Å². The van der Waals surface area contributed by atoms with Crippen LogP contribution in [0.4, 0.5) is 11.4 Å². The van der Waals surface area contributed by atoms with Crippen molar-refractivity contribution in [3.05, 3.63) is 58.1 Å². The number of benzene rings is 2. The molecule has 2 aromatic rings. The van der Waals surface area contributed by atoms with Gasteiger partial charge in [0.05, 0.1) is 18.1 Å². The van der Waals surface area contributed by atoms with Crippen LogP contribution in [0, 0.1) is 10.1 Å². The standard InChI is InChI=1S/C18H20N4O4.HI/c19-18(20-8-7-13-3-1-4-15(11-13)22(23)24)21-14-5-6-16-17(12-14)26-10-2-9-25-16;/h1,3-6,11-12H,2,7-10H2,(H3,19,20,21);1H. The summed E-state index contributed by atoms with van der Waals surface area (Å²) in [5.74, 6) is 1.66. The first-order valence-corrected chi connectivity index (χ1v) is 8.32. The number of nitrogens with one attached hydrogen (secondary N) is 1. The molecular weight excluding hydrogens is 463 g/mol. The number of rotatable bonds is 5. The number of hydrogen-bond donors (Lipinski definition) is 2. The van der Waals surface area contributed by atoms with Crippen molar-refractivity contribution in [2.24, 2.45) is 10.7 Å². The van der Waals surface area contributed by atoms with E-state index < -0.39 is 4.92 Å². The number of halogens is 1. The molecule has 2 aromatic carbocycles. The highest BCUT2D eigenvalue weighted by Gasteiger charge is 2.11. The number of nitro groups is 1. The molecule has 0 saturated carbocycles. The Kier molecular flexibility index (Phi) is 7.65. The average Bonchev–Trinajstić information content (AvgIpc) is 2.87. The van der Waals surface area contributed by atoms with E-state index in [1.165, 1.54) is 6.07 Å². The van der Waals surface area contributed by atoms with Gasteiger partial charge < -0.3 is 20.5 Å². The Labute approximate surface area is 173 Å². The molecule has 27 heavy (non-hydrogen) atoms. The van der Waals surface area contributed by atoms with Crippen molar-refractivity contribution in [2.75, 3.05) is 25.1 Å². The number of ether oxygens (including phenoxy) is 2. The first kappa shape index (κ1) is 20.7. The number of guanidine groups is 1. The fourth-order valence-corrected chi connectivity index (χ4v) is 2.56. The van der Waals surface area contributed by atoms with Gasteiger partial charge in [-0.3, -0.25) is 15.1 Å². The van der Waals surface area contributed by atoms with Gasteiger partial charge in [-0.2, -0.15) is 0 Å². The summed E-state index contributed by atoms with van der Waals surface area (Å²) < 4.78 is 11.2. The second kappa shape index (κ2) is 9.95. The van der Waals surface area contributed by atoms with E-state index in [0.717, 1.165) is 17.7 Å². The molecule has 0 unspecified atom stereocenters. The quantitative estimate of drug-likeness (QED) is 0.221. The predicted octanol–water partition coefficient (Wildman–Crippen LogP) is 3.34. The molecule has 0 spiro atoms. The molecule has 0 fully saturated rings. The maximum atomic E-state index is 10.8. The van der Waals surface area contributed by atoms with Gasteiger partial charge in [0, 0.05) is 36.9 Å². The summed E-state index contributed by atoms with van der Waals surface area (Å²) >= 11 is 0. The van der Waals surface area contributed by atoms with Crippen molar-refractivity contribution in [1.29, 1.82) is 0 Å². The minimum Gasteiger partial charge on any atom is -0.490 e. The van der Waals surface area contributed by atoms with Crippen molar-refractivity contribution in [2.45, 2.75) is 12.8 Å². The molecule has 144 valence electrons. The lowest BCUT2D eigenvalue weighted by Gasteiger charge is -2.10. The Morgan fingerprint density at radius 2 is 1.96 bits per heavy atom. The smallest absolute Gasteiger partial charge is 0.269 e. The van der Waals surface area contributed by atoms with Crippen LogP contribution in [0.5, 0.6) is 11.5 Å². The molecule has 9 heteroatoms. The number of aliphatic imine (C=N–C) groups is 1.